The van der Waals surface area contributed by atoms with E-state index in [2.05, 4.69) is 92.0 Å². The normalized spacial score (nSPS) is 12.6. The van der Waals surface area contributed by atoms with E-state index in [9.17, 15) is 5.11 Å². The average molecular weight is 502 g/mol. The molecular formula is C23H22Br2N2O. The van der Waals surface area contributed by atoms with E-state index in [1.165, 1.54) is 21.9 Å². The van der Waals surface area contributed by atoms with Gasteiger partial charge < -0.3 is 15.0 Å². The van der Waals surface area contributed by atoms with E-state index in [4.69, 9.17) is 0 Å². The second-order valence-corrected chi connectivity index (χ2v) is 9.05. The molecule has 0 aliphatic carbocycles. The van der Waals surface area contributed by atoms with Crippen molar-refractivity contribution in [1.82, 2.24) is 4.57 Å². The smallest absolute Gasteiger partial charge is 0.0891 e. The molecule has 0 amide bonds. The SMILES string of the molecule is Cc1cccc(NC[C@@H](O)Cn2c3ccc(Br)cc3c3cc(Br)ccc32)c1C. The molecule has 0 unspecified atom stereocenters. The van der Waals surface area contributed by atoms with Crippen molar-refractivity contribution in [2.75, 3.05) is 11.9 Å². The van der Waals surface area contributed by atoms with Gasteiger partial charge in [-0.2, -0.15) is 0 Å². The van der Waals surface area contributed by atoms with Gasteiger partial charge in [0, 0.05) is 43.0 Å². The molecule has 1 heterocycles. The summed E-state index contributed by atoms with van der Waals surface area (Å²) in [5, 5.41) is 16.5. The Morgan fingerprint density at radius 1 is 0.929 bits per heavy atom. The first-order chi connectivity index (χ1) is 13.4. The van der Waals surface area contributed by atoms with E-state index in [-0.39, 0.29) is 0 Å². The van der Waals surface area contributed by atoms with Crippen LogP contribution in [0.1, 0.15) is 11.1 Å². The Morgan fingerprint density at radius 3 is 2.14 bits per heavy atom. The van der Waals surface area contributed by atoms with Gasteiger partial charge >= 0.3 is 0 Å². The monoisotopic (exact) mass is 500 g/mol. The number of aliphatic hydroxyl groups excluding tert-OH is 1. The molecule has 1 atom stereocenters. The molecular weight excluding hydrogens is 480 g/mol. The van der Waals surface area contributed by atoms with Gasteiger partial charge in [-0.1, -0.05) is 44.0 Å². The largest absolute Gasteiger partial charge is 0.389 e. The maximum atomic E-state index is 10.8. The first-order valence-corrected chi connectivity index (χ1v) is 10.9. The van der Waals surface area contributed by atoms with Crippen LogP contribution >= 0.6 is 31.9 Å². The number of hydrogen-bond acceptors (Lipinski definition) is 2. The molecule has 28 heavy (non-hydrogen) atoms. The number of nitrogens with one attached hydrogen (secondary N) is 1. The minimum atomic E-state index is -0.508. The van der Waals surface area contributed by atoms with Gasteiger partial charge in [0.25, 0.3) is 0 Å². The number of anilines is 1. The topological polar surface area (TPSA) is 37.2 Å². The molecule has 4 rings (SSSR count). The predicted molar refractivity (Wildman–Crippen MR) is 125 cm³/mol. The lowest BCUT2D eigenvalue weighted by atomic mass is 10.1. The Morgan fingerprint density at radius 2 is 1.54 bits per heavy atom. The van der Waals surface area contributed by atoms with Gasteiger partial charge in [0.05, 0.1) is 12.6 Å². The molecule has 144 valence electrons. The number of nitrogens with zero attached hydrogens (tertiary/aromatic N) is 1. The van der Waals surface area contributed by atoms with E-state index < -0.39 is 6.10 Å². The second-order valence-electron chi connectivity index (χ2n) is 7.22. The summed E-state index contributed by atoms with van der Waals surface area (Å²) >= 11 is 7.16. The van der Waals surface area contributed by atoms with E-state index in [1.54, 1.807) is 0 Å². The maximum absolute atomic E-state index is 10.8. The van der Waals surface area contributed by atoms with Crippen molar-refractivity contribution in [3.8, 4) is 0 Å². The highest BCUT2D eigenvalue weighted by atomic mass is 79.9. The van der Waals surface area contributed by atoms with Crippen LogP contribution in [0.5, 0.6) is 0 Å². The van der Waals surface area contributed by atoms with Crippen molar-refractivity contribution in [3.05, 3.63) is 74.7 Å². The van der Waals surface area contributed by atoms with Crippen molar-refractivity contribution in [2.45, 2.75) is 26.5 Å². The highest BCUT2D eigenvalue weighted by Gasteiger charge is 2.15. The van der Waals surface area contributed by atoms with E-state index in [0.29, 0.717) is 13.1 Å². The molecule has 0 saturated carbocycles. The highest BCUT2D eigenvalue weighted by Crippen LogP contribution is 2.33. The quantitative estimate of drug-likeness (QED) is 0.331. The third kappa shape index (κ3) is 3.71. The van der Waals surface area contributed by atoms with E-state index in [1.807, 2.05) is 18.2 Å². The molecule has 1 aromatic heterocycles. The Bertz CT molecular complexity index is 1110. The number of hydrogen-bond donors (Lipinski definition) is 2. The molecule has 3 nitrogen and oxygen atoms in total. The van der Waals surface area contributed by atoms with Crippen LogP contribution in [0, 0.1) is 13.8 Å². The van der Waals surface area contributed by atoms with Crippen molar-refractivity contribution >= 4 is 59.4 Å². The van der Waals surface area contributed by atoms with Crippen LogP contribution in [-0.2, 0) is 6.54 Å². The third-order valence-electron chi connectivity index (χ3n) is 5.32. The van der Waals surface area contributed by atoms with Gasteiger partial charge in [-0.3, -0.25) is 0 Å². The van der Waals surface area contributed by atoms with Gasteiger partial charge in [0.2, 0.25) is 0 Å². The summed E-state index contributed by atoms with van der Waals surface area (Å²) in [6.07, 6.45) is -0.508. The number of rotatable bonds is 5. The molecule has 3 aromatic carbocycles. The first-order valence-electron chi connectivity index (χ1n) is 9.29. The minimum absolute atomic E-state index is 0.499. The third-order valence-corrected chi connectivity index (χ3v) is 6.30. The predicted octanol–water partition coefficient (Wildman–Crippen LogP) is 6.41. The molecule has 2 N–H and O–H groups in total. The van der Waals surface area contributed by atoms with Gasteiger partial charge in [0.15, 0.2) is 0 Å². The number of benzene rings is 3. The maximum Gasteiger partial charge on any atom is 0.0891 e. The Kier molecular flexibility index (Phi) is 5.50. The highest BCUT2D eigenvalue weighted by molar-refractivity contribution is 9.10. The summed E-state index contributed by atoms with van der Waals surface area (Å²) in [7, 11) is 0. The Hall–Kier alpha value is -1.82. The lowest BCUT2D eigenvalue weighted by Gasteiger charge is -2.17. The fourth-order valence-electron chi connectivity index (χ4n) is 3.69. The summed E-state index contributed by atoms with van der Waals surface area (Å²) in [4.78, 5) is 0. The zero-order chi connectivity index (χ0) is 19.8. The number of aliphatic hydroxyl groups is 1. The minimum Gasteiger partial charge on any atom is -0.389 e. The van der Waals surface area contributed by atoms with Crippen LogP contribution in [0.25, 0.3) is 21.8 Å². The molecule has 0 aliphatic heterocycles. The molecule has 0 fully saturated rings. The molecule has 0 saturated heterocycles. The van der Waals surface area contributed by atoms with Crippen molar-refractivity contribution in [2.24, 2.45) is 0 Å². The molecule has 0 radical (unpaired) electrons. The van der Waals surface area contributed by atoms with Crippen LogP contribution in [0.4, 0.5) is 5.69 Å². The van der Waals surface area contributed by atoms with Crippen LogP contribution in [0.3, 0.4) is 0 Å². The number of aryl methyl sites for hydroxylation is 1. The standard InChI is InChI=1S/C23H22Br2N2O/c1-14-4-3-5-21(15(14)2)26-12-18(28)13-27-22-8-6-16(24)10-19(22)20-11-17(25)7-9-23(20)27/h3-11,18,26,28H,12-13H2,1-2H3/t18-/m1/s1. The average Bonchev–Trinajstić information content (AvgIpc) is 2.95. The summed E-state index contributed by atoms with van der Waals surface area (Å²) in [5.74, 6) is 0. The lowest BCUT2D eigenvalue weighted by molar-refractivity contribution is 0.169. The summed E-state index contributed by atoms with van der Waals surface area (Å²) < 4.78 is 4.31. The summed E-state index contributed by atoms with van der Waals surface area (Å²) in [6, 6.07) is 18.8. The van der Waals surface area contributed by atoms with Gasteiger partial charge in [-0.05, 0) is 67.4 Å². The van der Waals surface area contributed by atoms with Crippen LogP contribution in [-0.4, -0.2) is 22.3 Å². The molecule has 5 heteroatoms. The first kappa shape index (κ1) is 19.5. The lowest BCUT2D eigenvalue weighted by Crippen LogP contribution is -2.25. The van der Waals surface area contributed by atoms with Crippen LogP contribution in [0.2, 0.25) is 0 Å². The van der Waals surface area contributed by atoms with Crippen LogP contribution < -0.4 is 5.32 Å². The van der Waals surface area contributed by atoms with Crippen molar-refractivity contribution in [3.63, 3.8) is 0 Å². The van der Waals surface area contributed by atoms with Gasteiger partial charge in [-0.15, -0.1) is 0 Å². The van der Waals surface area contributed by atoms with Crippen molar-refractivity contribution < 1.29 is 5.11 Å². The molecule has 4 aromatic rings. The Labute approximate surface area is 181 Å². The van der Waals surface area contributed by atoms with Gasteiger partial charge in [-0.25, -0.2) is 0 Å². The van der Waals surface area contributed by atoms with E-state index >= 15 is 0 Å². The number of fused-ring (bicyclic) bond motifs is 3. The van der Waals surface area contributed by atoms with E-state index in [0.717, 1.165) is 25.7 Å². The zero-order valence-corrected chi connectivity index (χ0v) is 19.0. The van der Waals surface area contributed by atoms with Crippen LogP contribution in [0.15, 0.2) is 63.5 Å². The molecule has 0 spiro atoms. The molecule has 0 aliphatic rings. The summed E-state index contributed by atoms with van der Waals surface area (Å²) in [6.45, 7) is 5.23. The number of halogens is 2. The fourth-order valence-corrected chi connectivity index (χ4v) is 4.41. The van der Waals surface area contributed by atoms with Crippen molar-refractivity contribution in [1.29, 1.82) is 0 Å². The molecule has 0 bridgehead atoms. The zero-order valence-electron chi connectivity index (χ0n) is 15.8. The fraction of sp³-hybridized carbons (Fsp3) is 0.217. The number of aromatic nitrogens is 1. The van der Waals surface area contributed by atoms with Gasteiger partial charge in [0.1, 0.15) is 0 Å². The second kappa shape index (κ2) is 7.90. The summed E-state index contributed by atoms with van der Waals surface area (Å²) in [5.41, 5.74) is 5.80. The Balaban J connectivity index is 1.64.